The molecule has 115 heavy (non-hydrogen) atoms. The van der Waals surface area contributed by atoms with Crippen molar-refractivity contribution in [1.82, 2.24) is 40.4 Å². The molecule has 2 fully saturated rings. The number of aliphatic carboxylic acids is 1. The third kappa shape index (κ3) is 28.1. The van der Waals surface area contributed by atoms with Gasteiger partial charge in [0.25, 0.3) is 11.8 Å². The maximum Gasteiger partial charge on any atom is 0.410 e. The number of nitrogens with one attached hydrogen (secondary N) is 4. The summed E-state index contributed by atoms with van der Waals surface area (Å²) in [5.74, 6) is -12.6. The molecule has 3 aliphatic heterocycles. The molecule has 2 saturated heterocycles. The van der Waals surface area contributed by atoms with E-state index in [9.17, 15) is 97.5 Å². The first-order chi connectivity index (χ1) is 54.3. The molecular weight excluding hydrogens is 1500 g/mol. The van der Waals surface area contributed by atoms with Gasteiger partial charge in [0.05, 0.1) is 49.0 Å². The number of benzene rings is 2. The van der Waals surface area contributed by atoms with Crippen LogP contribution in [0.5, 0.6) is 5.75 Å². The first-order valence-corrected chi connectivity index (χ1v) is 39.0. The summed E-state index contributed by atoms with van der Waals surface area (Å²) < 4.78 is 29.0. The van der Waals surface area contributed by atoms with Crippen LogP contribution in [0.15, 0.2) is 60.7 Å². The Balaban J connectivity index is 1.26. The first-order valence-electron chi connectivity index (χ1n) is 39.0. The van der Waals surface area contributed by atoms with Crippen molar-refractivity contribution in [1.29, 1.82) is 0 Å². The van der Waals surface area contributed by atoms with Gasteiger partial charge in [-0.15, -0.1) is 0 Å². The summed E-state index contributed by atoms with van der Waals surface area (Å²) in [6, 6.07) is 9.33. The van der Waals surface area contributed by atoms with Crippen molar-refractivity contribution in [2.75, 3.05) is 73.4 Å². The van der Waals surface area contributed by atoms with Crippen LogP contribution in [0.25, 0.3) is 0 Å². The predicted octanol–water partition coefficient (Wildman–Crippen LogP) is 2.25. The molecule has 16 atom stereocenters. The van der Waals surface area contributed by atoms with E-state index in [1.165, 1.54) is 51.4 Å². The number of ketones is 3. The molecule has 11 amide bonds. The second-order valence-electron chi connectivity index (χ2n) is 30.5. The molecule has 0 spiro atoms. The lowest BCUT2D eigenvalue weighted by molar-refractivity contribution is -0.271. The van der Waals surface area contributed by atoms with E-state index in [1.54, 1.807) is 58.7 Å². The van der Waals surface area contributed by atoms with Crippen LogP contribution in [0, 0.1) is 35.5 Å². The van der Waals surface area contributed by atoms with E-state index in [1.807, 2.05) is 39.0 Å². The number of Topliss-reactive ketones (excluding diaryl/α,β-unsaturated/α-hetero) is 3. The number of carboxylic acid groups (broad SMARTS) is 1. The third-order valence-electron chi connectivity index (χ3n) is 21.3. The van der Waals surface area contributed by atoms with E-state index in [0.29, 0.717) is 31.4 Å². The highest BCUT2D eigenvalue weighted by Gasteiger charge is 2.49. The molecule has 0 radical (unpaired) electrons. The molecule has 0 aliphatic carbocycles. The summed E-state index contributed by atoms with van der Waals surface area (Å²) in [6.45, 7) is 13.2. The number of carboxylic acids is 1. The molecular formula is C80H118N10O25. The number of amides is 11. The maximum atomic E-state index is 15.0. The van der Waals surface area contributed by atoms with Crippen LogP contribution in [0.2, 0.25) is 0 Å². The molecule has 11 N–H and O–H groups in total. The van der Waals surface area contributed by atoms with Crippen LogP contribution >= 0.6 is 0 Å². The largest absolute Gasteiger partial charge is 0.479 e. The Kier molecular flexibility index (Phi) is 38.5. The van der Waals surface area contributed by atoms with Gasteiger partial charge in [0, 0.05) is 137 Å². The number of hydrogen-bond acceptors (Lipinski definition) is 24. The summed E-state index contributed by atoms with van der Waals surface area (Å²) in [6.07, 6.45) is -11.9. The van der Waals surface area contributed by atoms with Gasteiger partial charge in [-0.1, -0.05) is 98.2 Å². The topological polar surface area (TPSA) is 494 Å². The molecule has 2 aromatic carbocycles. The van der Waals surface area contributed by atoms with Crippen LogP contribution in [0.4, 0.5) is 10.5 Å². The zero-order valence-electron chi connectivity index (χ0n) is 68.0. The quantitative estimate of drug-likeness (QED) is 0.0335. The van der Waals surface area contributed by atoms with Gasteiger partial charge in [0.1, 0.15) is 60.1 Å². The number of carbonyl (C=O) groups is 15. The Morgan fingerprint density at radius 1 is 0.713 bits per heavy atom. The van der Waals surface area contributed by atoms with Crippen molar-refractivity contribution in [2.45, 2.75) is 225 Å². The highest BCUT2D eigenvalue weighted by molar-refractivity contribution is 6.13. The van der Waals surface area contributed by atoms with Crippen molar-refractivity contribution in [2.24, 2.45) is 41.2 Å². The average molecular weight is 1620 g/mol. The first kappa shape index (κ1) is 95.9. The standard InChI is InChI=1S/C80H118N10O25/c1-14-46(6)68(58(111-12)41-65(100)89-36-19-23-55(89)73(112-13)48(8)56(93)38-47(7)69(101)50-20-16-15-17-21-50)87(10)77(107)66(44(2)3)85-76(106)67(45(4)5)88(11)80(110)113-43-49-24-27-57(114-79-72(104)70(102)71(103)74(115-79)78(108)109)54(39-49)84-61(96)32-35-82-60(95)28-25-51(40-53(92)26-29-62(97)86(9)42-59(81)94)75(105)83-34-18-22-52(91)33-37-90-63(98)30-31-64(90)99/h15-17,20-21,24,27,30-31,39,44-48,51,55,58,66-74,79,101-104H,14,18-19,22-23,25-26,28-29,32-38,40-43H2,1-13H3,(H2,81,94)(H,82,95)(H,83,105)(H,84,96)(H,85,106)(H,108,109)/t46-,47-,48-,51+,55?,58+,66-,67-,68-,69+,70+,71+,72-,73+,74+,79-/m1/s1. The van der Waals surface area contributed by atoms with E-state index in [-0.39, 0.29) is 118 Å². The minimum absolute atomic E-state index is 0.0307. The van der Waals surface area contributed by atoms with Crippen molar-refractivity contribution in [3.05, 3.63) is 71.8 Å². The predicted molar refractivity (Wildman–Crippen MR) is 413 cm³/mol. The van der Waals surface area contributed by atoms with E-state index in [0.717, 1.165) is 26.9 Å². The number of primary amides is 1. The summed E-state index contributed by atoms with van der Waals surface area (Å²) in [4.78, 5) is 205. The summed E-state index contributed by atoms with van der Waals surface area (Å²) in [7, 11) is 7.19. The Hall–Kier alpha value is -9.65. The number of imide groups is 1. The lowest BCUT2D eigenvalue weighted by Crippen LogP contribution is -2.61. The number of ether oxygens (including phenoxy) is 5. The fourth-order valence-electron chi connectivity index (χ4n) is 14.4. The smallest absolute Gasteiger partial charge is 0.410 e. The molecule has 35 heteroatoms. The van der Waals surface area contributed by atoms with E-state index >= 15 is 0 Å². The van der Waals surface area contributed by atoms with Crippen molar-refractivity contribution < 1.29 is 121 Å². The van der Waals surface area contributed by atoms with Crippen molar-refractivity contribution >= 4 is 94.2 Å². The minimum Gasteiger partial charge on any atom is -0.479 e. The number of rotatable bonds is 48. The molecule has 3 aliphatic rings. The summed E-state index contributed by atoms with van der Waals surface area (Å²) >= 11 is 0. The summed E-state index contributed by atoms with van der Waals surface area (Å²) in [5, 5.41) is 63.4. The van der Waals surface area contributed by atoms with Gasteiger partial charge in [0.2, 0.25) is 53.5 Å². The van der Waals surface area contributed by atoms with Crippen molar-refractivity contribution in [3.63, 3.8) is 0 Å². The number of nitrogens with two attached hydrogens (primary N) is 1. The minimum atomic E-state index is -2.10. The van der Waals surface area contributed by atoms with E-state index in [2.05, 4.69) is 21.3 Å². The van der Waals surface area contributed by atoms with Gasteiger partial charge in [0.15, 0.2) is 6.10 Å². The number of methoxy groups -OCH3 is 2. The SMILES string of the molecule is CC[C@@H](C)[C@H]([C@H](CC(=O)N1CCCC1[C@@H](OC)[C@H](C)C(=O)C[C@@H](C)[C@H](O)c1ccccc1)OC)N(C)C(=O)[C@H](NC(=O)[C@@H](C(C)C)N(C)C(=O)OCc1ccc(O[C@@H]2O[C@H](C(=O)O)[C@@H](O)[C@H](O)[C@H]2O)c(NC(=O)CCNC(=O)CC[C@@H](CC(=O)CCC(=O)N(C)CC(N)=O)C(=O)NCCCC(=O)CCN2C(=O)C=CC2=O)c1)C(C)C. The number of carbonyl (C=O) groups excluding carboxylic acids is 14. The van der Waals surface area contributed by atoms with E-state index in [4.69, 9.17) is 29.4 Å². The van der Waals surface area contributed by atoms with Crippen LogP contribution in [-0.4, -0.2) is 274 Å². The Bertz CT molecular complexity index is 3730. The Morgan fingerprint density at radius 2 is 1.38 bits per heavy atom. The zero-order valence-corrected chi connectivity index (χ0v) is 68.0. The molecule has 0 aromatic heterocycles. The molecule has 1 unspecified atom stereocenters. The number of hydrogen-bond donors (Lipinski definition) is 10. The number of nitrogens with zero attached hydrogens (tertiary/aromatic N) is 5. The Morgan fingerprint density at radius 3 is 1.99 bits per heavy atom. The van der Waals surface area contributed by atoms with Gasteiger partial charge in [-0.05, 0) is 72.6 Å². The highest BCUT2D eigenvalue weighted by atomic mass is 16.7. The summed E-state index contributed by atoms with van der Waals surface area (Å²) in [5.41, 5.74) is 5.83. The van der Waals surface area contributed by atoms with Crippen LogP contribution < -0.4 is 31.7 Å². The number of likely N-dealkylation sites (tertiary alicyclic amines) is 1. The van der Waals surface area contributed by atoms with Crippen LogP contribution in [-0.2, 0) is 92.7 Å². The van der Waals surface area contributed by atoms with Gasteiger partial charge in [-0.2, -0.15) is 0 Å². The second kappa shape index (κ2) is 46.2. The lowest BCUT2D eigenvalue weighted by Gasteiger charge is -2.41. The van der Waals surface area contributed by atoms with Gasteiger partial charge < -0.3 is 90.9 Å². The van der Waals surface area contributed by atoms with Crippen LogP contribution in [0.1, 0.15) is 163 Å². The molecule has 0 saturated carbocycles. The molecule has 2 aromatic rings. The maximum absolute atomic E-state index is 15.0. The van der Waals surface area contributed by atoms with Gasteiger partial charge in [-0.3, -0.25) is 72.1 Å². The Labute approximate surface area is 670 Å². The molecule has 5 rings (SSSR count). The molecule has 35 nitrogen and oxygen atoms in total. The van der Waals surface area contributed by atoms with E-state index < -0.39 is 200 Å². The number of anilines is 1. The fraction of sp³-hybridized carbons (Fsp3) is 0.637. The average Bonchev–Trinajstić information content (AvgIpc) is 1.43. The molecule has 3 heterocycles. The molecule has 638 valence electrons. The van der Waals surface area contributed by atoms with Crippen molar-refractivity contribution in [3.8, 4) is 5.75 Å². The third-order valence-corrected chi connectivity index (χ3v) is 21.3. The fourth-order valence-corrected chi connectivity index (χ4v) is 14.4. The molecule has 0 bridgehead atoms. The second-order valence-corrected chi connectivity index (χ2v) is 30.5. The highest BCUT2D eigenvalue weighted by Crippen LogP contribution is 2.35. The van der Waals surface area contributed by atoms with Gasteiger partial charge in [-0.25, -0.2) is 9.59 Å². The number of aliphatic hydroxyl groups is 4. The number of aliphatic hydroxyl groups excluding tert-OH is 4. The lowest BCUT2D eigenvalue weighted by atomic mass is 9.85. The number of likely N-dealkylation sites (N-methyl/N-ethyl adjacent to an activating group) is 3. The normalized spacial score (nSPS) is 20.0. The van der Waals surface area contributed by atoms with Crippen LogP contribution in [0.3, 0.4) is 0 Å². The monoisotopic (exact) mass is 1620 g/mol. The zero-order chi connectivity index (χ0) is 85.8. The van der Waals surface area contributed by atoms with Gasteiger partial charge >= 0.3 is 12.1 Å².